The molecule has 0 bridgehead atoms. The zero-order valence-electron chi connectivity index (χ0n) is 7.32. The van der Waals surface area contributed by atoms with Crippen molar-refractivity contribution in [1.29, 1.82) is 0 Å². The van der Waals surface area contributed by atoms with Crippen LogP contribution in [0.1, 0.15) is 11.1 Å². The van der Waals surface area contributed by atoms with Gasteiger partial charge in [-0.1, -0.05) is 0 Å². The van der Waals surface area contributed by atoms with Crippen molar-refractivity contribution in [3.63, 3.8) is 0 Å². The fraction of sp³-hybridized carbons (Fsp3) is 0.250. The molecule has 0 saturated heterocycles. The second kappa shape index (κ2) is 3.76. The summed E-state index contributed by atoms with van der Waals surface area (Å²) in [4.78, 5) is -0.766. The number of alkyl halides is 6. The summed E-state index contributed by atoms with van der Waals surface area (Å²) >= 11 is 3.36. The van der Waals surface area contributed by atoms with Crippen molar-refractivity contribution in [1.82, 2.24) is 0 Å². The first-order valence-corrected chi connectivity index (χ1v) is 4.18. The van der Waals surface area contributed by atoms with Gasteiger partial charge < -0.3 is 5.11 Å². The molecule has 0 saturated carbocycles. The van der Waals surface area contributed by atoms with Crippen molar-refractivity contribution in [2.75, 3.05) is 0 Å². The van der Waals surface area contributed by atoms with E-state index in [4.69, 9.17) is 5.11 Å². The number of phenols is 1. The predicted octanol–water partition coefficient (Wildman–Crippen LogP) is 3.72. The van der Waals surface area contributed by atoms with E-state index < -0.39 is 34.1 Å². The van der Waals surface area contributed by atoms with Crippen LogP contribution in [-0.4, -0.2) is 5.11 Å². The van der Waals surface area contributed by atoms with Gasteiger partial charge in [0.2, 0.25) is 0 Å². The summed E-state index contributed by atoms with van der Waals surface area (Å²) in [5.41, 5.74) is -3.28. The van der Waals surface area contributed by atoms with Crippen molar-refractivity contribution in [2.24, 2.45) is 0 Å². The average Bonchev–Trinajstić information content (AvgIpc) is 1.97. The van der Waals surface area contributed by atoms with Gasteiger partial charge >= 0.3 is 12.4 Å². The van der Waals surface area contributed by atoms with Crippen LogP contribution in [-0.2, 0) is 12.4 Å². The molecule has 0 spiro atoms. The Kier molecular flexibility index (Phi) is 3.06. The molecule has 1 N–H and O–H groups in total. The average molecular weight is 262 g/mol. The van der Waals surface area contributed by atoms with E-state index in [1.807, 2.05) is 0 Å². The molecule has 1 aromatic rings. The fourth-order valence-electron chi connectivity index (χ4n) is 1.03. The molecule has 0 heterocycles. The topological polar surface area (TPSA) is 20.2 Å². The van der Waals surface area contributed by atoms with Crippen LogP contribution in [0.5, 0.6) is 5.75 Å². The van der Waals surface area contributed by atoms with E-state index in [1.165, 1.54) is 0 Å². The van der Waals surface area contributed by atoms with Crippen LogP contribution in [0.25, 0.3) is 0 Å². The number of thiol groups is 1. The second-order valence-corrected chi connectivity index (χ2v) is 3.36. The van der Waals surface area contributed by atoms with E-state index in [0.29, 0.717) is 6.07 Å². The number of benzene rings is 1. The monoisotopic (exact) mass is 262 g/mol. The van der Waals surface area contributed by atoms with Gasteiger partial charge in [0.25, 0.3) is 0 Å². The zero-order valence-corrected chi connectivity index (χ0v) is 8.21. The van der Waals surface area contributed by atoms with Crippen molar-refractivity contribution in [3.8, 4) is 5.75 Å². The predicted molar refractivity (Wildman–Crippen MR) is 45.4 cm³/mol. The summed E-state index contributed by atoms with van der Waals surface area (Å²) in [7, 11) is 0. The number of aromatic hydroxyl groups is 1. The Labute approximate surface area is 91.1 Å². The zero-order chi connectivity index (χ0) is 12.7. The van der Waals surface area contributed by atoms with Gasteiger partial charge in [-0.25, -0.2) is 0 Å². The minimum atomic E-state index is -5.05. The molecule has 0 aliphatic rings. The normalized spacial score (nSPS) is 12.9. The van der Waals surface area contributed by atoms with E-state index in [-0.39, 0.29) is 6.07 Å². The molecule has 1 aromatic carbocycles. The third-order valence-corrected chi connectivity index (χ3v) is 2.09. The van der Waals surface area contributed by atoms with Crippen molar-refractivity contribution in [3.05, 3.63) is 23.3 Å². The van der Waals surface area contributed by atoms with Crippen LogP contribution in [0.2, 0.25) is 0 Å². The molecule has 0 fully saturated rings. The maximum atomic E-state index is 12.3. The lowest BCUT2D eigenvalue weighted by molar-refractivity contribution is -0.145. The van der Waals surface area contributed by atoms with Gasteiger partial charge in [0, 0.05) is 4.90 Å². The Morgan fingerprint density at radius 2 is 1.31 bits per heavy atom. The number of rotatable bonds is 0. The van der Waals surface area contributed by atoms with Crippen molar-refractivity contribution >= 4 is 12.6 Å². The van der Waals surface area contributed by atoms with Crippen molar-refractivity contribution in [2.45, 2.75) is 17.2 Å². The van der Waals surface area contributed by atoms with Gasteiger partial charge in [0.05, 0.1) is 11.1 Å². The number of halogens is 6. The lowest BCUT2D eigenvalue weighted by Gasteiger charge is -2.14. The molecule has 1 rings (SSSR count). The van der Waals surface area contributed by atoms with Gasteiger partial charge in [-0.05, 0) is 12.1 Å². The SMILES string of the molecule is Oc1cc(S)c(C(F)(F)F)cc1C(F)(F)F. The molecule has 0 aliphatic carbocycles. The third kappa shape index (κ3) is 2.55. The van der Waals surface area contributed by atoms with Crippen LogP contribution >= 0.6 is 12.6 Å². The largest absolute Gasteiger partial charge is 0.507 e. The first-order chi connectivity index (χ1) is 7.03. The van der Waals surface area contributed by atoms with E-state index in [1.54, 1.807) is 0 Å². The Bertz CT molecular complexity index is 373. The standard InChI is InChI=1S/C8H4F6OS/c9-7(10,11)3-1-4(8(12,13)14)6(16)2-5(3)15/h1-2,15-16H. The molecular weight excluding hydrogens is 258 g/mol. The first-order valence-electron chi connectivity index (χ1n) is 3.74. The Morgan fingerprint density at radius 1 is 0.875 bits per heavy atom. The van der Waals surface area contributed by atoms with Crippen LogP contribution in [0, 0.1) is 0 Å². The molecule has 0 amide bonds. The Hall–Kier alpha value is -1.05. The number of hydrogen-bond acceptors (Lipinski definition) is 2. The van der Waals surface area contributed by atoms with Gasteiger partial charge in [-0.2, -0.15) is 26.3 Å². The quantitative estimate of drug-likeness (QED) is 0.539. The van der Waals surface area contributed by atoms with Crippen LogP contribution in [0.15, 0.2) is 17.0 Å². The molecule has 1 nitrogen and oxygen atoms in total. The second-order valence-electron chi connectivity index (χ2n) is 2.88. The maximum Gasteiger partial charge on any atom is 0.419 e. The highest BCUT2D eigenvalue weighted by molar-refractivity contribution is 7.80. The molecule has 0 unspecified atom stereocenters. The lowest BCUT2D eigenvalue weighted by atomic mass is 10.1. The molecule has 0 radical (unpaired) electrons. The molecule has 8 heteroatoms. The van der Waals surface area contributed by atoms with E-state index in [0.717, 1.165) is 0 Å². The van der Waals surface area contributed by atoms with Crippen molar-refractivity contribution < 1.29 is 31.4 Å². The van der Waals surface area contributed by atoms with Crippen LogP contribution < -0.4 is 0 Å². The summed E-state index contributed by atoms with van der Waals surface area (Å²) in [6, 6.07) is 0.145. The Morgan fingerprint density at radius 3 is 1.69 bits per heavy atom. The van der Waals surface area contributed by atoms with E-state index in [2.05, 4.69) is 12.6 Å². The lowest BCUT2D eigenvalue weighted by Crippen LogP contribution is -2.11. The molecule has 0 aliphatic heterocycles. The molecule has 90 valence electrons. The number of phenolic OH excluding ortho intramolecular Hbond substituents is 1. The molecule has 0 atom stereocenters. The highest BCUT2D eigenvalue weighted by Gasteiger charge is 2.39. The van der Waals surface area contributed by atoms with Crippen LogP contribution in [0.4, 0.5) is 26.3 Å². The summed E-state index contributed by atoms with van der Waals surface area (Å²) in [5.74, 6) is -1.29. The summed E-state index contributed by atoms with van der Waals surface area (Å²) < 4.78 is 73.3. The van der Waals surface area contributed by atoms with Gasteiger partial charge in [-0.3, -0.25) is 0 Å². The third-order valence-electron chi connectivity index (χ3n) is 1.72. The highest BCUT2D eigenvalue weighted by atomic mass is 32.1. The van der Waals surface area contributed by atoms with E-state index >= 15 is 0 Å². The highest BCUT2D eigenvalue weighted by Crippen LogP contribution is 2.42. The van der Waals surface area contributed by atoms with Gasteiger partial charge in [0.15, 0.2) is 0 Å². The molecular formula is C8H4F6OS. The van der Waals surface area contributed by atoms with Gasteiger partial charge in [-0.15, -0.1) is 12.6 Å². The smallest absolute Gasteiger partial charge is 0.419 e. The molecule has 0 aromatic heterocycles. The van der Waals surface area contributed by atoms with Crippen LogP contribution in [0.3, 0.4) is 0 Å². The minimum absolute atomic E-state index is 0.169. The fourth-order valence-corrected chi connectivity index (χ4v) is 1.34. The first kappa shape index (κ1) is 13.0. The van der Waals surface area contributed by atoms with E-state index in [9.17, 15) is 26.3 Å². The minimum Gasteiger partial charge on any atom is -0.507 e. The molecule has 16 heavy (non-hydrogen) atoms. The summed E-state index contributed by atoms with van der Waals surface area (Å²) in [6.45, 7) is 0. The summed E-state index contributed by atoms with van der Waals surface area (Å²) in [5, 5.41) is 8.88. The maximum absolute atomic E-state index is 12.3. The number of hydrogen-bond donors (Lipinski definition) is 2. The Balaban J connectivity index is 3.45. The summed E-state index contributed by atoms with van der Waals surface area (Å²) in [6.07, 6.45) is -10.0. The van der Waals surface area contributed by atoms with Gasteiger partial charge in [0.1, 0.15) is 5.75 Å².